The number of phenolic OH excluding ortho intramolecular Hbond substituents is 1. The fraction of sp³-hybridized carbons (Fsp3) is 0.214. The van der Waals surface area contributed by atoms with E-state index in [2.05, 4.69) is 11.9 Å². The quantitative estimate of drug-likeness (QED) is 0.418. The van der Waals surface area contributed by atoms with Crippen LogP contribution in [0.15, 0.2) is 30.5 Å². The molecule has 1 aromatic carbocycles. The largest absolute Gasteiger partial charge is 0.508 e. The van der Waals surface area contributed by atoms with Crippen molar-refractivity contribution in [2.45, 2.75) is 19.4 Å². The maximum absolute atomic E-state index is 11.3. The Labute approximate surface area is 111 Å². The number of benzene rings is 1. The van der Waals surface area contributed by atoms with Crippen LogP contribution in [-0.4, -0.2) is 22.2 Å². The summed E-state index contributed by atoms with van der Waals surface area (Å²) in [5, 5.41) is 21.2. The van der Waals surface area contributed by atoms with E-state index in [4.69, 9.17) is 11.2 Å². The van der Waals surface area contributed by atoms with E-state index in [0.717, 1.165) is 0 Å². The molecule has 1 amide bonds. The van der Waals surface area contributed by atoms with Crippen LogP contribution in [0.2, 0.25) is 0 Å². The number of aliphatic hydroxyl groups excluding tert-OH is 1. The minimum atomic E-state index is -1.30. The average molecular weight is 261 g/mol. The van der Waals surface area contributed by atoms with Gasteiger partial charge in [-0.2, -0.15) is 0 Å². The zero-order valence-corrected chi connectivity index (χ0v) is 10.5. The molecule has 0 bridgehead atoms. The van der Waals surface area contributed by atoms with Gasteiger partial charge in [0.05, 0.1) is 5.76 Å². The van der Waals surface area contributed by atoms with E-state index in [1.807, 2.05) is 6.04 Å². The van der Waals surface area contributed by atoms with E-state index in [0.29, 0.717) is 17.1 Å². The zero-order chi connectivity index (χ0) is 14.4. The molecular formula is C14H15NO4. The highest BCUT2D eigenvalue weighted by atomic mass is 16.5. The summed E-state index contributed by atoms with van der Waals surface area (Å²) >= 11 is 0. The molecule has 5 heteroatoms. The van der Waals surface area contributed by atoms with Crippen molar-refractivity contribution in [1.82, 2.24) is 5.32 Å². The van der Waals surface area contributed by atoms with Gasteiger partial charge in [0.1, 0.15) is 17.6 Å². The maximum atomic E-state index is 11.3. The molecule has 0 fully saturated rings. The van der Waals surface area contributed by atoms with Crippen LogP contribution in [0, 0.1) is 12.5 Å². The molecule has 0 heterocycles. The molecule has 0 spiro atoms. The molecule has 0 unspecified atom stereocenters. The highest BCUT2D eigenvalue weighted by molar-refractivity contribution is 5.82. The van der Waals surface area contributed by atoms with Crippen LogP contribution in [0.3, 0.4) is 0 Å². The van der Waals surface area contributed by atoms with E-state index in [1.54, 1.807) is 13.0 Å². The van der Waals surface area contributed by atoms with Gasteiger partial charge in [0, 0.05) is 18.5 Å². The summed E-state index contributed by atoms with van der Waals surface area (Å²) in [5.41, 5.74) is 0.556. The Bertz CT molecular complexity index is 531. The van der Waals surface area contributed by atoms with Gasteiger partial charge in [0.15, 0.2) is 0 Å². The molecule has 0 aromatic heterocycles. The van der Waals surface area contributed by atoms with Crippen LogP contribution in [0.4, 0.5) is 0 Å². The van der Waals surface area contributed by atoms with Crippen molar-refractivity contribution >= 4 is 5.91 Å². The molecule has 0 aliphatic carbocycles. The van der Waals surface area contributed by atoms with Crippen LogP contribution in [0.5, 0.6) is 11.5 Å². The van der Waals surface area contributed by atoms with Gasteiger partial charge < -0.3 is 14.9 Å². The van der Waals surface area contributed by atoms with Gasteiger partial charge >= 0.3 is 0 Å². The number of carbonyl (C=O) groups is 1. The second-order valence-corrected chi connectivity index (χ2v) is 3.95. The number of hydrogen-bond acceptors (Lipinski definition) is 4. The van der Waals surface area contributed by atoms with Crippen molar-refractivity contribution in [3.8, 4) is 24.0 Å². The molecule has 1 atom stereocenters. The summed E-state index contributed by atoms with van der Waals surface area (Å²) in [4.78, 5) is 11.3. The molecular weight excluding hydrogens is 246 g/mol. The van der Waals surface area contributed by atoms with Crippen LogP contribution < -0.4 is 10.1 Å². The molecule has 1 aromatic rings. The predicted molar refractivity (Wildman–Crippen MR) is 70.2 cm³/mol. The molecule has 100 valence electrons. The second kappa shape index (κ2) is 6.47. The Hall–Kier alpha value is -2.45. The first-order chi connectivity index (χ1) is 8.93. The van der Waals surface area contributed by atoms with Gasteiger partial charge in [-0.25, -0.2) is 0 Å². The zero-order valence-electron chi connectivity index (χ0n) is 10.5. The van der Waals surface area contributed by atoms with Crippen LogP contribution in [-0.2, 0) is 11.2 Å². The third kappa shape index (κ3) is 4.37. The number of amides is 1. The molecule has 5 nitrogen and oxygen atoms in total. The van der Waals surface area contributed by atoms with Crippen molar-refractivity contribution in [3.63, 3.8) is 0 Å². The third-order valence-corrected chi connectivity index (χ3v) is 2.25. The Morgan fingerprint density at radius 2 is 2.32 bits per heavy atom. The normalized spacial score (nSPS) is 11.2. The predicted octanol–water partition coefficient (Wildman–Crippen LogP) is 0.915. The Kier molecular flexibility index (Phi) is 4.98. The topological polar surface area (TPSA) is 78.8 Å². The summed E-state index contributed by atoms with van der Waals surface area (Å²) in [6.07, 6.45) is 3.63. The SMILES string of the molecule is C#CNC(=O)[C@@H](O)Cc1ccc(O)cc1OC(=C)C. The number of carbonyl (C=O) groups excluding carboxylic acids is 1. The summed E-state index contributed by atoms with van der Waals surface area (Å²) in [6, 6.07) is 6.32. The second-order valence-electron chi connectivity index (χ2n) is 3.95. The lowest BCUT2D eigenvalue weighted by Crippen LogP contribution is -2.33. The fourth-order valence-corrected chi connectivity index (χ4v) is 1.45. The van der Waals surface area contributed by atoms with Gasteiger partial charge in [0.2, 0.25) is 0 Å². The smallest absolute Gasteiger partial charge is 0.260 e. The number of rotatable bonds is 5. The maximum Gasteiger partial charge on any atom is 0.260 e. The van der Waals surface area contributed by atoms with Gasteiger partial charge in [-0.15, -0.1) is 0 Å². The lowest BCUT2D eigenvalue weighted by Gasteiger charge is -2.13. The highest BCUT2D eigenvalue weighted by Crippen LogP contribution is 2.26. The monoisotopic (exact) mass is 261 g/mol. The molecule has 1 rings (SSSR count). The van der Waals surface area contributed by atoms with E-state index < -0.39 is 12.0 Å². The first-order valence-corrected chi connectivity index (χ1v) is 5.52. The van der Waals surface area contributed by atoms with Crippen LogP contribution in [0.25, 0.3) is 0 Å². The summed E-state index contributed by atoms with van der Waals surface area (Å²) in [5.74, 6) is 0.105. The number of allylic oxidation sites excluding steroid dienone is 1. The van der Waals surface area contributed by atoms with Gasteiger partial charge in [-0.3, -0.25) is 10.1 Å². The van der Waals surface area contributed by atoms with Crippen molar-refractivity contribution < 1.29 is 19.7 Å². The van der Waals surface area contributed by atoms with Crippen molar-refractivity contribution in [2.24, 2.45) is 0 Å². The standard InChI is InChI=1S/C14H15NO4/c1-4-15-14(18)12(17)7-10-5-6-11(16)8-13(10)19-9(2)3/h1,5-6,8,12,16-17H,2,7H2,3H3,(H,15,18)/t12-/m0/s1. The molecule has 0 saturated carbocycles. The van der Waals surface area contributed by atoms with Crippen molar-refractivity contribution in [2.75, 3.05) is 0 Å². The molecule has 0 radical (unpaired) electrons. The Balaban J connectivity index is 2.91. The first-order valence-electron chi connectivity index (χ1n) is 5.52. The van der Waals surface area contributed by atoms with Crippen LogP contribution in [0.1, 0.15) is 12.5 Å². The van der Waals surface area contributed by atoms with Crippen molar-refractivity contribution in [3.05, 3.63) is 36.1 Å². The van der Waals surface area contributed by atoms with Gasteiger partial charge in [-0.05, 0) is 18.6 Å². The average Bonchev–Trinajstić information content (AvgIpc) is 2.32. The summed E-state index contributed by atoms with van der Waals surface area (Å²) in [7, 11) is 0. The number of nitrogens with one attached hydrogen (secondary N) is 1. The Morgan fingerprint density at radius 3 is 2.89 bits per heavy atom. The Morgan fingerprint density at radius 1 is 1.63 bits per heavy atom. The lowest BCUT2D eigenvalue weighted by atomic mass is 10.1. The van der Waals surface area contributed by atoms with E-state index in [9.17, 15) is 15.0 Å². The van der Waals surface area contributed by atoms with E-state index in [-0.39, 0.29) is 12.2 Å². The van der Waals surface area contributed by atoms with Crippen LogP contribution >= 0.6 is 0 Å². The minimum Gasteiger partial charge on any atom is -0.508 e. The fourth-order valence-electron chi connectivity index (χ4n) is 1.45. The number of ether oxygens (including phenoxy) is 1. The number of phenols is 1. The molecule has 0 aliphatic rings. The van der Waals surface area contributed by atoms with E-state index >= 15 is 0 Å². The molecule has 0 aliphatic heterocycles. The number of aromatic hydroxyl groups is 1. The summed E-state index contributed by atoms with van der Waals surface area (Å²) in [6.45, 7) is 5.24. The minimum absolute atomic E-state index is 0.0103. The number of terminal acetylenes is 1. The lowest BCUT2D eigenvalue weighted by molar-refractivity contribution is -0.128. The summed E-state index contributed by atoms with van der Waals surface area (Å²) < 4.78 is 5.33. The van der Waals surface area contributed by atoms with Gasteiger partial charge in [-0.1, -0.05) is 19.1 Å². The highest BCUT2D eigenvalue weighted by Gasteiger charge is 2.17. The number of hydrogen-bond donors (Lipinski definition) is 3. The van der Waals surface area contributed by atoms with Gasteiger partial charge in [0.25, 0.3) is 5.91 Å². The molecule has 0 saturated heterocycles. The molecule has 3 N–H and O–H groups in total. The number of aliphatic hydroxyl groups is 1. The third-order valence-electron chi connectivity index (χ3n) is 2.25. The van der Waals surface area contributed by atoms with E-state index in [1.165, 1.54) is 12.1 Å². The van der Waals surface area contributed by atoms with Crippen molar-refractivity contribution in [1.29, 1.82) is 0 Å². The molecule has 19 heavy (non-hydrogen) atoms. The first kappa shape index (κ1) is 14.6.